The van der Waals surface area contributed by atoms with Crippen molar-refractivity contribution in [3.8, 4) is 0 Å². The Morgan fingerprint density at radius 1 is 1.38 bits per heavy atom. The Balaban J connectivity index is 2.22. The molecule has 130 valence electrons. The van der Waals surface area contributed by atoms with Gasteiger partial charge in [0.15, 0.2) is 0 Å². The van der Waals surface area contributed by atoms with E-state index in [0.717, 1.165) is 23.9 Å². The van der Waals surface area contributed by atoms with Crippen LogP contribution in [0.5, 0.6) is 0 Å². The standard InChI is InChI=1S/C16H17F3N2O2S/c1-9(2)8-21(3)14(22)7-13-15(23)20-11-6-10(16(17,18)19)4-5-12(11)24-13/h4-7,9H,8H2,1-3H3,(H,20,23)/b13-7+. The van der Waals surface area contributed by atoms with Crippen molar-refractivity contribution in [3.05, 3.63) is 34.7 Å². The van der Waals surface area contributed by atoms with E-state index >= 15 is 0 Å². The maximum Gasteiger partial charge on any atom is 0.416 e. The lowest BCUT2D eigenvalue weighted by molar-refractivity contribution is -0.137. The molecule has 0 radical (unpaired) electrons. The van der Waals surface area contributed by atoms with Gasteiger partial charge in [0, 0.05) is 24.6 Å². The van der Waals surface area contributed by atoms with Crippen LogP contribution in [0.2, 0.25) is 0 Å². The van der Waals surface area contributed by atoms with Crippen LogP contribution in [0.3, 0.4) is 0 Å². The number of carbonyl (C=O) groups excluding carboxylic acids is 2. The predicted octanol–water partition coefficient (Wildman–Crippen LogP) is 3.75. The lowest BCUT2D eigenvalue weighted by Gasteiger charge is -2.21. The number of thioether (sulfide) groups is 1. The Kier molecular flexibility index (Phi) is 5.27. The van der Waals surface area contributed by atoms with Crippen molar-refractivity contribution in [2.45, 2.75) is 24.9 Å². The minimum atomic E-state index is -4.48. The monoisotopic (exact) mass is 358 g/mol. The van der Waals surface area contributed by atoms with E-state index in [1.807, 2.05) is 13.8 Å². The number of rotatable bonds is 3. The van der Waals surface area contributed by atoms with E-state index < -0.39 is 17.6 Å². The molecule has 0 aliphatic carbocycles. The number of halogens is 3. The number of hydrogen-bond donors (Lipinski definition) is 1. The first-order valence-electron chi connectivity index (χ1n) is 7.25. The zero-order valence-electron chi connectivity index (χ0n) is 13.4. The number of anilines is 1. The highest BCUT2D eigenvalue weighted by molar-refractivity contribution is 8.04. The summed E-state index contributed by atoms with van der Waals surface area (Å²) in [4.78, 5) is 26.3. The first-order chi connectivity index (χ1) is 11.1. The number of benzene rings is 1. The molecule has 0 atom stereocenters. The fraction of sp³-hybridized carbons (Fsp3) is 0.375. The smallest absolute Gasteiger partial charge is 0.342 e. The number of hydrogen-bond acceptors (Lipinski definition) is 3. The van der Waals surface area contributed by atoms with E-state index in [1.165, 1.54) is 17.0 Å². The number of carbonyl (C=O) groups is 2. The third-order valence-corrected chi connectivity index (χ3v) is 4.37. The van der Waals surface area contributed by atoms with Gasteiger partial charge >= 0.3 is 6.18 Å². The number of alkyl halides is 3. The van der Waals surface area contributed by atoms with Gasteiger partial charge < -0.3 is 10.2 Å². The fourth-order valence-electron chi connectivity index (χ4n) is 2.20. The Morgan fingerprint density at radius 3 is 2.62 bits per heavy atom. The number of nitrogens with zero attached hydrogens (tertiary/aromatic N) is 1. The van der Waals surface area contributed by atoms with Crippen molar-refractivity contribution in [2.75, 3.05) is 18.9 Å². The molecule has 0 saturated heterocycles. The third-order valence-electron chi connectivity index (χ3n) is 3.27. The van der Waals surface area contributed by atoms with E-state index in [0.29, 0.717) is 11.4 Å². The average molecular weight is 358 g/mol. The second-order valence-electron chi connectivity index (χ2n) is 5.89. The highest BCUT2D eigenvalue weighted by Crippen LogP contribution is 2.41. The molecular weight excluding hydrogens is 341 g/mol. The number of likely N-dealkylation sites (N-methyl/N-ethyl adjacent to an activating group) is 1. The maximum absolute atomic E-state index is 12.7. The molecule has 1 N–H and O–H groups in total. The van der Waals surface area contributed by atoms with Gasteiger partial charge in [0.1, 0.15) is 0 Å². The summed E-state index contributed by atoms with van der Waals surface area (Å²) in [6.07, 6.45) is -3.26. The summed E-state index contributed by atoms with van der Waals surface area (Å²) in [6.45, 7) is 4.47. The summed E-state index contributed by atoms with van der Waals surface area (Å²) >= 11 is 0.983. The summed E-state index contributed by atoms with van der Waals surface area (Å²) in [7, 11) is 1.63. The van der Waals surface area contributed by atoms with Gasteiger partial charge in [-0.15, -0.1) is 0 Å². The summed E-state index contributed by atoms with van der Waals surface area (Å²) in [6, 6.07) is 3.13. The van der Waals surface area contributed by atoms with Crippen molar-refractivity contribution in [1.29, 1.82) is 0 Å². The molecule has 1 aliphatic heterocycles. The van der Waals surface area contributed by atoms with Gasteiger partial charge in [-0.25, -0.2) is 0 Å². The molecule has 24 heavy (non-hydrogen) atoms. The lowest BCUT2D eigenvalue weighted by atomic mass is 10.2. The van der Waals surface area contributed by atoms with Crippen LogP contribution in [0.4, 0.5) is 18.9 Å². The normalized spacial score (nSPS) is 16.1. The Bertz CT molecular complexity index is 699. The van der Waals surface area contributed by atoms with Gasteiger partial charge in [-0.1, -0.05) is 25.6 Å². The molecule has 8 heteroatoms. The highest BCUT2D eigenvalue weighted by atomic mass is 32.2. The van der Waals surface area contributed by atoms with Gasteiger partial charge in [-0.05, 0) is 24.1 Å². The van der Waals surface area contributed by atoms with Crippen LogP contribution in [-0.2, 0) is 15.8 Å². The number of amides is 2. The molecule has 1 aromatic rings. The fourth-order valence-corrected chi connectivity index (χ4v) is 3.09. The molecule has 2 rings (SSSR count). The average Bonchev–Trinajstić information content (AvgIpc) is 2.45. The topological polar surface area (TPSA) is 49.4 Å². The van der Waals surface area contributed by atoms with Crippen molar-refractivity contribution in [1.82, 2.24) is 4.90 Å². The summed E-state index contributed by atoms with van der Waals surface area (Å²) in [5, 5.41) is 2.41. The molecule has 4 nitrogen and oxygen atoms in total. The van der Waals surface area contributed by atoms with Crippen molar-refractivity contribution in [3.63, 3.8) is 0 Å². The molecule has 1 aliphatic rings. The van der Waals surface area contributed by atoms with Gasteiger partial charge in [0.25, 0.3) is 5.91 Å². The van der Waals surface area contributed by atoms with E-state index in [-0.39, 0.29) is 22.4 Å². The quantitative estimate of drug-likeness (QED) is 0.838. The first-order valence-corrected chi connectivity index (χ1v) is 8.07. The molecule has 1 aromatic carbocycles. The van der Waals surface area contributed by atoms with E-state index in [2.05, 4.69) is 5.32 Å². The molecule has 0 spiro atoms. The molecule has 0 bridgehead atoms. The molecule has 1 heterocycles. The van der Waals surface area contributed by atoms with Gasteiger partial charge in [-0.2, -0.15) is 13.2 Å². The van der Waals surface area contributed by atoms with Crippen LogP contribution in [0.1, 0.15) is 19.4 Å². The van der Waals surface area contributed by atoms with E-state index in [9.17, 15) is 22.8 Å². The Labute approximate surface area is 142 Å². The Hall–Kier alpha value is -1.96. The predicted molar refractivity (Wildman–Crippen MR) is 86.5 cm³/mol. The largest absolute Gasteiger partial charge is 0.416 e. The zero-order chi connectivity index (χ0) is 18.1. The van der Waals surface area contributed by atoms with Crippen molar-refractivity contribution < 1.29 is 22.8 Å². The second kappa shape index (κ2) is 6.88. The molecule has 2 amide bonds. The van der Waals surface area contributed by atoms with Crippen molar-refractivity contribution >= 4 is 29.3 Å². The minimum Gasteiger partial charge on any atom is -0.342 e. The minimum absolute atomic E-state index is 0.0972. The van der Waals surface area contributed by atoms with E-state index in [4.69, 9.17) is 0 Å². The SMILES string of the molecule is CC(C)CN(C)C(=O)/C=C1/Sc2ccc(C(F)(F)F)cc2NC1=O. The lowest BCUT2D eigenvalue weighted by Crippen LogP contribution is -2.30. The summed E-state index contributed by atoms with van der Waals surface area (Å²) in [5.74, 6) is -0.624. The van der Waals surface area contributed by atoms with E-state index in [1.54, 1.807) is 7.05 Å². The first kappa shape index (κ1) is 18.4. The molecule has 0 saturated carbocycles. The molecular formula is C16H17F3N2O2S. The van der Waals surface area contributed by atoms with Crippen LogP contribution in [0.15, 0.2) is 34.1 Å². The summed E-state index contributed by atoms with van der Waals surface area (Å²) < 4.78 is 38.1. The van der Waals surface area contributed by atoms with Crippen LogP contribution >= 0.6 is 11.8 Å². The summed E-state index contributed by atoms with van der Waals surface area (Å²) in [5.41, 5.74) is -0.734. The molecule has 0 unspecified atom stereocenters. The zero-order valence-corrected chi connectivity index (χ0v) is 14.2. The van der Waals surface area contributed by atoms with Gasteiger partial charge in [0.05, 0.1) is 16.2 Å². The van der Waals surface area contributed by atoms with Crippen LogP contribution < -0.4 is 5.32 Å². The van der Waals surface area contributed by atoms with Gasteiger partial charge in [0.2, 0.25) is 5.91 Å². The maximum atomic E-state index is 12.7. The third kappa shape index (κ3) is 4.31. The Morgan fingerprint density at radius 2 is 2.04 bits per heavy atom. The second-order valence-corrected chi connectivity index (χ2v) is 6.97. The van der Waals surface area contributed by atoms with Crippen molar-refractivity contribution in [2.24, 2.45) is 5.92 Å². The van der Waals surface area contributed by atoms with Crippen LogP contribution in [-0.4, -0.2) is 30.3 Å². The number of fused-ring (bicyclic) bond motifs is 1. The van der Waals surface area contributed by atoms with Crippen LogP contribution in [0, 0.1) is 5.92 Å². The molecule has 0 aromatic heterocycles. The van der Waals surface area contributed by atoms with Crippen LogP contribution in [0.25, 0.3) is 0 Å². The highest BCUT2D eigenvalue weighted by Gasteiger charge is 2.32. The molecule has 0 fully saturated rings. The number of nitrogens with one attached hydrogen (secondary N) is 1. The van der Waals surface area contributed by atoms with Gasteiger partial charge in [-0.3, -0.25) is 9.59 Å².